The molecule has 2 rings (SSSR count). The van der Waals surface area contributed by atoms with Crippen LogP contribution in [-0.4, -0.2) is 23.0 Å². The van der Waals surface area contributed by atoms with Crippen LogP contribution in [0.4, 0.5) is 0 Å². The predicted molar refractivity (Wildman–Crippen MR) is 60.1 cm³/mol. The first kappa shape index (κ1) is 11.1. The number of rotatable bonds is 3. The minimum Gasteiger partial charge on any atom is -0.464 e. The molecule has 1 aromatic heterocycles. The Balaban J connectivity index is 2.29. The van der Waals surface area contributed by atoms with Crippen molar-refractivity contribution in [3.63, 3.8) is 0 Å². The van der Waals surface area contributed by atoms with Gasteiger partial charge in [-0.15, -0.1) is 0 Å². The highest BCUT2D eigenvalue weighted by atomic mass is 35.5. The summed E-state index contributed by atoms with van der Waals surface area (Å²) in [4.78, 5) is 19.2. The van der Waals surface area contributed by atoms with E-state index in [4.69, 9.17) is 11.6 Å². The lowest BCUT2D eigenvalue weighted by Crippen LogP contribution is -2.07. The van der Waals surface area contributed by atoms with Crippen LogP contribution in [-0.2, 0) is 4.74 Å². The molecule has 0 spiro atoms. The smallest absolute Gasteiger partial charge is 0.358 e. The Labute approximate surface area is 98.3 Å². The second-order valence-corrected chi connectivity index (χ2v) is 4.04. The van der Waals surface area contributed by atoms with Crippen molar-refractivity contribution in [3.05, 3.63) is 29.3 Å². The van der Waals surface area contributed by atoms with Gasteiger partial charge in [-0.2, -0.15) is 0 Å². The molecule has 1 heterocycles. The van der Waals surface area contributed by atoms with Gasteiger partial charge in [0.15, 0.2) is 10.8 Å². The summed E-state index contributed by atoms with van der Waals surface area (Å²) in [6.45, 7) is 3.94. The molecule has 0 aliphatic heterocycles. The van der Waals surface area contributed by atoms with E-state index in [1.807, 2.05) is 0 Å². The lowest BCUT2D eigenvalue weighted by Gasteiger charge is -2.05. The molecular weight excluding hydrogens is 228 g/mol. The van der Waals surface area contributed by atoms with Gasteiger partial charge in [0.25, 0.3) is 0 Å². The van der Waals surface area contributed by atoms with E-state index in [9.17, 15) is 4.79 Å². The zero-order valence-corrected chi connectivity index (χ0v) is 9.62. The zero-order valence-electron chi connectivity index (χ0n) is 8.86. The maximum atomic E-state index is 11.2. The van der Waals surface area contributed by atoms with Gasteiger partial charge in [0.1, 0.15) is 5.69 Å². The fraction of sp³-hybridized carbons (Fsp3) is 0.364. The lowest BCUT2D eigenvalue weighted by atomic mass is 10.1. The van der Waals surface area contributed by atoms with Crippen LogP contribution in [0.3, 0.4) is 0 Å². The number of carbonyl (C=O) groups excluding carboxylic acids is 1. The van der Waals surface area contributed by atoms with Crippen LogP contribution < -0.4 is 0 Å². The average Bonchev–Trinajstić information content (AvgIpc) is 3.10. The standard InChI is InChI=1S/C11H11ClN2O2/c1-6(7-3-4-7)9-10(12)14-8(5-13-9)11(15)16-2/h5,7H,1,3-4H2,2H3. The van der Waals surface area contributed by atoms with E-state index in [0.29, 0.717) is 11.6 Å². The number of ether oxygens (including phenoxy) is 1. The van der Waals surface area contributed by atoms with Crippen molar-refractivity contribution < 1.29 is 9.53 Å². The normalized spacial score (nSPS) is 14.6. The summed E-state index contributed by atoms with van der Waals surface area (Å²) in [6, 6.07) is 0. The maximum absolute atomic E-state index is 11.2. The molecule has 0 N–H and O–H groups in total. The number of nitrogens with zero attached hydrogens (tertiary/aromatic N) is 2. The number of carbonyl (C=O) groups is 1. The van der Waals surface area contributed by atoms with E-state index in [2.05, 4.69) is 21.3 Å². The molecule has 0 aromatic carbocycles. The number of halogens is 1. The third-order valence-electron chi connectivity index (χ3n) is 2.50. The highest BCUT2D eigenvalue weighted by Crippen LogP contribution is 2.41. The minimum atomic E-state index is -0.544. The van der Waals surface area contributed by atoms with Gasteiger partial charge in [-0.1, -0.05) is 18.2 Å². The summed E-state index contributed by atoms with van der Waals surface area (Å²) in [6.07, 6.45) is 3.60. The van der Waals surface area contributed by atoms with Crippen LogP contribution in [0.5, 0.6) is 0 Å². The van der Waals surface area contributed by atoms with E-state index >= 15 is 0 Å². The Morgan fingerprint density at radius 2 is 2.31 bits per heavy atom. The van der Waals surface area contributed by atoms with Crippen LogP contribution in [0.2, 0.25) is 5.15 Å². The number of hydrogen-bond donors (Lipinski definition) is 0. The largest absolute Gasteiger partial charge is 0.464 e. The van der Waals surface area contributed by atoms with Crippen molar-refractivity contribution in [1.82, 2.24) is 9.97 Å². The molecule has 4 nitrogen and oxygen atoms in total. The molecule has 1 aliphatic carbocycles. The minimum absolute atomic E-state index is 0.111. The molecule has 0 bridgehead atoms. The van der Waals surface area contributed by atoms with Crippen molar-refractivity contribution in [2.75, 3.05) is 7.11 Å². The fourth-order valence-electron chi connectivity index (χ4n) is 1.41. The van der Waals surface area contributed by atoms with E-state index in [1.165, 1.54) is 13.3 Å². The summed E-state index contributed by atoms with van der Waals surface area (Å²) in [7, 11) is 1.29. The van der Waals surface area contributed by atoms with E-state index < -0.39 is 5.97 Å². The first-order chi connectivity index (χ1) is 7.63. The van der Waals surface area contributed by atoms with Crippen molar-refractivity contribution in [1.29, 1.82) is 0 Å². The molecule has 0 unspecified atom stereocenters. The average molecular weight is 239 g/mol. The zero-order chi connectivity index (χ0) is 11.7. The Bertz CT molecular complexity index is 455. The summed E-state index contributed by atoms with van der Waals surface area (Å²) < 4.78 is 4.53. The van der Waals surface area contributed by atoms with Crippen molar-refractivity contribution in [3.8, 4) is 0 Å². The molecule has 0 amide bonds. The highest BCUT2D eigenvalue weighted by molar-refractivity contribution is 6.31. The summed E-state index contributed by atoms with van der Waals surface area (Å²) in [5, 5.41) is 0.208. The third kappa shape index (κ3) is 2.07. The number of aromatic nitrogens is 2. The molecule has 84 valence electrons. The van der Waals surface area contributed by atoms with Crippen LogP contribution >= 0.6 is 11.6 Å². The molecule has 1 fully saturated rings. The number of allylic oxidation sites excluding steroid dienone is 1. The van der Waals surface area contributed by atoms with Gasteiger partial charge in [0.05, 0.1) is 13.3 Å². The second-order valence-electron chi connectivity index (χ2n) is 3.69. The molecule has 16 heavy (non-hydrogen) atoms. The molecule has 0 radical (unpaired) electrons. The molecule has 0 atom stereocenters. The van der Waals surface area contributed by atoms with Gasteiger partial charge in [0, 0.05) is 0 Å². The molecule has 0 saturated heterocycles. The first-order valence-electron chi connectivity index (χ1n) is 4.93. The Morgan fingerprint density at radius 1 is 1.62 bits per heavy atom. The SMILES string of the molecule is C=C(c1ncc(C(=O)OC)nc1Cl)C1CC1. The van der Waals surface area contributed by atoms with Crippen molar-refractivity contribution >= 4 is 23.1 Å². The van der Waals surface area contributed by atoms with Crippen LogP contribution in [0, 0.1) is 5.92 Å². The number of methoxy groups -OCH3 is 1. The van der Waals surface area contributed by atoms with Crippen molar-refractivity contribution in [2.45, 2.75) is 12.8 Å². The molecule has 1 aromatic rings. The molecule has 1 saturated carbocycles. The molecular formula is C11H11ClN2O2. The van der Waals surface area contributed by atoms with Gasteiger partial charge in [-0.05, 0) is 24.3 Å². The highest BCUT2D eigenvalue weighted by Gasteiger charge is 2.28. The van der Waals surface area contributed by atoms with Crippen molar-refractivity contribution in [2.24, 2.45) is 5.92 Å². The van der Waals surface area contributed by atoms with Crippen LogP contribution in [0.15, 0.2) is 12.8 Å². The second kappa shape index (κ2) is 4.22. The van der Waals surface area contributed by atoms with Gasteiger partial charge >= 0.3 is 5.97 Å². The number of esters is 1. The predicted octanol–water partition coefficient (Wildman–Crippen LogP) is 2.34. The van der Waals surface area contributed by atoms with Crippen LogP contribution in [0.1, 0.15) is 29.0 Å². The Kier molecular flexibility index (Phi) is 2.92. The third-order valence-corrected chi connectivity index (χ3v) is 2.76. The molecule has 5 heteroatoms. The fourth-order valence-corrected chi connectivity index (χ4v) is 1.67. The van der Waals surface area contributed by atoms with Gasteiger partial charge in [0.2, 0.25) is 0 Å². The quantitative estimate of drug-likeness (QED) is 0.759. The summed E-state index contributed by atoms with van der Waals surface area (Å²) >= 11 is 5.95. The van der Waals surface area contributed by atoms with Gasteiger partial charge < -0.3 is 4.74 Å². The topological polar surface area (TPSA) is 52.1 Å². The van der Waals surface area contributed by atoms with Gasteiger partial charge in [-0.3, -0.25) is 4.98 Å². The van der Waals surface area contributed by atoms with E-state index in [0.717, 1.165) is 18.4 Å². The first-order valence-corrected chi connectivity index (χ1v) is 5.31. The van der Waals surface area contributed by atoms with E-state index in [1.54, 1.807) is 0 Å². The summed E-state index contributed by atoms with van der Waals surface area (Å²) in [5.74, 6) is -0.0752. The van der Waals surface area contributed by atoms with E-state index in [-0.39, 0.29) is 10.8 Å². The summed E-state index contributed by atoms with van der Waals surface area (Å²) in [5.41, 5.74) is 1.59. The molecule has 1 aliphatic rings. The maximum Gasteiger partial charge on any atom is 0.358 e. The number of hydrogen-bond acceptors (Lipinski definition) is 4. The Morgan fingerprint density at radius 3 is 2.81 bits per heavy atom. The monoisotopic (exact) mass is 238 g/mol. The van der Waals surface area contributed by atoms with Gasteiger partial charge in [-0.25, -0.2) is 9.78 Å². The van der Waals surface area contributed by atoms with Crippen LogP contribution in [0.25, 0.3) is 5.57 Å². The Hall–Kier alpha value is -1.42. The lowest BCUT2D eigenvalue weighted by molar-refractivity contribution is 0.0593.